The highest BCUT2D eigenvalue weighted by atomic mass is 19.1. The van der Waals surface area contributed by atoms with Crippen LogP contribution in [0.2, 0.25) is 0 Å². The summed E-state index contributed by atoms with van der Waals surface area (Å²) < 4.78 is 33.4. The molecule has 8 heteroatoms. The predicted octanol–water partition coefficient (Wildman–Crippen LogP) is 1.78. The van der Waals surface area contributed by atoms with E-state index in [1.165, 1.54) is 11.0 Å². The Bertz CT molecular complexity index is 758. The highest BCUT2D eigenvalue weighted by Gasteiger charge is 2.63. The number of carbonyl (C=O) groups excluding carboxylic acids is 2. The van der Waals surface area contributed by atoms with Gasteiger partial charge in [0.2, 0.25) is 5.91 Å². The van der Waals surface area contributed by atoms with Crippen molar-refractivity contribution in [1.29, 1.82) is 0 Å². The third-order valence-electron chi connectivity index (χ3n) is 6.24. The van der Waals surface area contributed by atoms with Gasteiger partial charge in [-0.1, -0.05) is 19.9 Å². The number of halogens is 2. The van der Waals surface area contributed by atoms with Gasteiger partial charge in [0.25, 0.3) is 5.91 Å². The number of hydrogen-bond donors (Lipinski definition) is 1. The fraction of sp³-hybridized carbons (Fsp3) is 0.600. The van der Waals surface area contributed by atoms with Gasteiger partial charge < -0.3 is 20.3 Å². The first kappa shape index (κ1) is 20.7. The van der Waals surface area contributed by atoms with E-state index in [4.69, 9.17) is 10.5 Å². The number of amides is 2. The summed E-state index contributed by atoms with van der Waals surface area (Å²) in [6.07, 6.45) is 0.380. The van der Waals surface area contributed by atoms with Gasteiger partial charge in [0.05, 0.1) is 6.10 Å². The summed E-state index contributed by atoms with van der Waals surface area (Å²) in [5.74, 6) is -2.65. The quantitative estimate of drug-likeness (QED) is 0.843. The van der Waals surface area contributed by atoms with Crippen LogP contribution < -0.4 is 5.73 Å². The fourth-order valence-electron chi connectivity index (χ4n) is 4.05. The molecule has 6 nitrogen and oxygen atoms in total. The molecule has 0 radical (unpaired) electrons. The summed E-state index contributed by atoms with van der Waals surface area (Å²) >= 11 is 0. The van der Waals surface area contributed by atoms with E-state index in [1.54, 1.807) is 4.90 Å². The molecule has 1 saturated carbocycles. The van der Waals surface area contributed by atoms with Crippen molar-refractivity contribution in [2.45, 2.75) is 38.8 Å². The van der Waals surface area contributed by atoms with Gasteiger partial charge in [-0.3, -0.25) is 9.59 Å². The van der Waals surface area contributed by atoms with Gasteiger partial charge in [0.15, 0.2) is 0 Å². The smallest absolute Gasteiger partial charge is 0.259 e. The molecule has 1 heterocycles. The first-order chi connectivity index (χ1) is 13.1. The molecule has 154 valence electrons. The van der Waals surface area contributed by atoms with E-state index >= 15 is 0 Å². The number of ether oxygens (including phenoxy) is 1. The molecular formula is C20H27F2N3O3. The highest BCUT2D eigenvalue weighted by molar-refractivity contribution is 5.95. The van der Waals surface area contributed by atoms with E-state index in [0.29, 0.717) is 13.0 Å². The number of rotatable bonds is 4. The Morgan fingerprint density at radius 3 is 2.18 bits per heavy atom. The van der Waals surface area contributed by atoms with Gasteiger partial charge in [-0.05, 0) is 19.1 Å². The Morgan fingerprint density at radius 1 is 1.14 bits per heavy atom. The largest absolute Gasteiger partial charge is 0.378 e. The molecule has 1 aliphatic heterocycles. The Kier molecular flexibility index (Phi) is 5.46. The molecule has 1 aliphatic carbocycles. The summed E-state index contributed by atoms with van der Waals surface area (Å²) in [6.45, 7) is 7.26. The molecule has 0 aromatic heterocycles. The van der Waals surface area contributed by atoms with Crippen LogP contribution in [0.4, 0.5) is 8.78 Å². The maximum absolute atomic E-state index is 13.9. The Morgan fingerprint density at radius 2 is 1.68 bits per heavy atom. The number of nitrogens with two attached hydrogens (primary N) is 1. The summed E-state index contributed by atoms with van der Waals surface area (Å²) in [7, 11) is 0. The van der Waals surface area contributed by atoms with Crippen LogP contribution in [-0.2, 0) is 9.53 Å². The van der Waals surface area contributed by atoms with E-state index in [1.807, 2.05) is 20.8 Å². The van der Waals surface area contributed by atoms with Crippen LogP contribution in [0.25, 0.3) is 0 Å². The molecule has 1 saturated heterocycles. The van der Waals surface area contributed by atoms with Gasteiger partial charge >= 0.3 is 0 Å². The summed E-state index contributed by atoms with van der Waals surface area (Å²) in [6, 6.07) is 3.33. The zero-order valence-corrected chi connectivity index (χ0v) is 16.5. The first-order valence-corrected chi connectivity index (χ1v) is 9.56. The van der Waals surface area contributed by atoms with E-state index in [0.717, 1.165) is 12.1 Å². The molecule has 2 unspecified atom stereocenters. The minimum absolute atomic E-state index is 0.0710. The lowest BCUT2D eigenvalue weighted by Crippen LogP contribution is -2.76. The van der Waals surface area contributed by atoms with Crippen LogP contribution >= 0.6 is 0 Å². The maximum Gasteiger partial charge on any atom is 0.259 e. The predicted molar refractivity (Wildman–Crippen MR) is 99.6 cm³/mol. The van der Waals surface area contributed by atoms with E-state index < -0.39 is 34.1 Å². The average Bonchev–Trinajstić information content (AvgIpc) is 2.67. The van der Waals surface area contributed by atoms with Crippen molar-refractivity contribution < 1.29 is 23.1 Å². The molecule has 2 N–H and O–H groups in total. The molecule has 0 bridgehead atoms. The molecule has 2 fully saturated rings. The van der Waals surface area contributed by atoms with Crippen LogP contribution in [0.15, 0.2) is 18.2 Å². The molecule has 2 atom stereocenters. The molecule has 0 spiro atoms. The topological polar surface area (TPSA) is 75.9 Å². The number of hydrogen-bond acceptors (Lipinski definition) is 4. The minimum atomic E-state index is -1.02. The zero-order valence-electron chi connectivity index (χ0n) is 16.5. The fourth-order valence-corrected chi connectivity index (χ4v) is 4.05. The zero-order chi connectivity index (χ0) is 20.7. The van der Waals surface area contributed by atoms with Gasteiger partial charge in [-0.2, -0.15) is 0 Å². The van der Waals surface area contributed by atoms with Gasteiger partial charge in [-0.15, -0.1) is 0 Å². The molecule has 2 aliphatic rings. The molecule has 1 aromatic carbocycles. The number of nitrogens with zero attached hydrogens (tertiary/aromatic N) is 2. The number of piperazine rings is 1. The second kappa shape index (κ2) is 7.40. The third kappa shape index (κ3) is 3.18. The van der Waals surface area contributed by atoms with Crippen LogP contribution in [-0.4, -0.2) is 66.0 Å². The van der Waals surface area contributed by atoms with Gasteiger partial charge in [-0.25, -0.2) is 8.78 Å². The number of benzene rings is 1. The minimum Gasteiger partial charge on any atom is -0.378 e. The monoisotopic (exact) mass is 395 g/mol. The van der Waals surface area contributed by atoms with Crippen LogP contribution in [0.1, 0.15) is 37.6 Å². The summed E-state index contributed by atoms with van der Waals surface area (Å²) in [5.41, 5.74) is 4.38. The van der Waals surface area contributed by atoms with Gasteiger partial charge in [0, 0.05) is 44.6 Å². The van der Waals surface area contributed by atoms with Crippen LogP contribution in [0.5, 0.6) is 0 Å². The highest BCUT2D eigenvalue weighted by Crippen LogP contribution is 2.50. The first-order valence-electron chi connectivity index (χ1n) is 9.56. The van der Waals surface area contributed by atoms with Gasteiger partial charge in [0.1, 0.15) is 22.7 Å². The standard InChI is InChI=1S/C20H27F2N3O3/c1-4-28-15-12-20(23,19(15,2)3)18(27)25-10-8-24(9-11-25)17(26)16-13(21)6-5-7-14(16)22/h5-7,15H,4,8-12,23H2,1-3H3. The second-order valence-electron chi connectivity index (χ2n) is 8.02. The van der Waals surface area contributed by atoms with Crippen LogP contribution in [0.3, 0.4) is 0 Å². The molecule has 2 amide bonds. The molecular weight excluding hydrogens is 368 g/mol. The molecule has 1 aromatic rings. The maximum atomic E-state index is 13.9. The van der Waals surface area contributed by atoms with Crippen molar-refractivity contribution >= 4 is 11.8 Å². The lowest BCUT2D eigenvalue weighted by atomic mass is 9.54. The van der Waals surface area contributed by atoms with Crippen molar-refractivity contribution in [1.82, 2.24) is 9.80 Å². The third-order valence-corrected chi connectivity index (χ3v) is 6.24. The lowest BCUT2D eigenvalue weighted by Gasteiger charge is -2.59. The van der Waals surface area contributed by atoms with E-state index in [2.05, 4.69) is 0 Å². The van der Waals surface area contributed by atoms with Crippen LogP contribution in [0, 0.1) is 17.0 Å². The Labute approximate surface area is 163 Å². The van der Waals surface area contributed by atoms with E-state index in [-0.39, 0.29) is 38.2 Å². The van der Waals surface area contributed by atoms with E-state index in [9.17, 15) is 18.4 Å². The SMILES string of the molecule is CCOC1CC(N)(C(=O)N2CCN(C(=O)c3c(F)cccc3F)CC2)C1(C)C. The Balaban J connectivity index is 1.64. The van der Waals surface area contributed by atoms with Crippen molar-refractivity contribution in [3.05, 3.63) is 35.4 Å². The normalized spacial score (nSPS) is 26.7. The lowest BCUT2D eigenvalue weighted by molar-refractivity contribution is -0.180. The van der Waals surface area contributed by atoms with Crippen molar-refractivity contribution in [2.24, 2.45) is 11.1 Å². The second-order valence-corrected chi connectivity index (χ2v) is 8.02. The van der Waals surface area contributed by atoms with Crippen molar-refractivity contribution in [2.75, 3.05) is 32.8 Å². The molecule has 3 rings (SSSR count). The summed E-state index contributed by atoms with van der Waals surface area (Å²) in [5, 5.41) is 0. The molecule has 28 heavy (non-hydrogen) atoms. The summed E-state index contributed by atoms with van der Waals surface area (Å²) in [4.78, 5) is 28.5. The van der Waals surface area contributed by atoms with Crippen molar-refractivity contribution in [3.8, 4) is 0 Å². The Hall–Kier alpha value is -2.06. The number of carbonyl (C=O) groups is 2. The van der Waals surface area contributed by atoms with Crippen molar-refractivity contribution in [3.63, 3.8) is 0 Å². The average molecular weight is 395 g/mol.